The first-order valence-electron chi connectivity index (χ1n) is 9.89. The second kappa shape index (κ2) is 8.85. The maximum atomic E-state index is 10.5. The molecule has 4 nitrogen and oxygen atoms in total. The Morgan fingerprint density at radius 3 is 1.85 bits per heavy atom. The van der Waals surface area contributed by atoms with Crippen LogP contribution in [0.4, 0.5) is 0 Å². The predicted molar refractivity (Wildman–Crippen MR) is 105 cm³/mol. The van der Waals surface area contributed by atoms with Crippen LogP contribution in [0.3, 0.4) is 0 Å². The van der Waals surface area contributed by atoms with Crippen LogP contribution in [-0.4, -0.2) is 24.7 Å². The number of aryl methyl sites for hydroxylation is 1. The quantitative estimate of drug-likeness (QED) is 0.527. The van der Waals surface area contributed by atoms with Crippen molar-refractivity contribution in [2.75, 3.05) is 6.61 Å². The highest BCUT2D eigenvalue weighted by Gasteiger charge is 2.47. The van der Waals surface area contributed by atoms with E-state index in [1.807, 2.05) is 6.92 Å². The Morgan fingerprint density at radius 2 is 1.42 bits per heavy atom. The van der Waals surface area contributed by atoms with E-state index in [0.29, 0.717) is 17.4 Å². The topological polar surface area (TPSA) is 74.6 Å². The van der Waals surface area contributed by atoms with E-state index in [-0.39, 0.29) is 4.90 Å². The van der Waals surface area contributed by atoms with Crippen molar-refractivity contribution in [1.29, 1.82) is 0 Å². The zero-order valence-electron chi connectivity index (χ0n) is 16.2. The average molecular weight is 383 g/mol. The molecule has 148 valence electrons. The molecular weight excluding hydrogens is 348 g/mol. The van der Waals surface area contributed by atoms with Crippen LogP contribution in [0.25, 0.3) is 0 Å². The lowest BCUT2D eigenvalue weighted by Crippen LogP contribution is -2.43. The molecule has 0 amide bonds. The summed E-state index contributed by atoms with van der Waals surface area (Å²) in [7, 11) is -4.02. The third-order valence-corrected chi connectivity index (χ3v) is 7.39. The minimum absolute atomic E-state index is 0.0666. The molecule has 1 aromatic rings. The van der Waals surface area contributed by atoms with E-state index in [1.165, 1.54) is 76.3 Å². The van der Waals surface area contributed by atoms with Crippen LogP contribution in [-0.2, 0) is 10.1 Å². The maximum Gasteiger partial charge on any atom is 0.294 e. The van der Waals surface area contributed by atoms with Gasteiger partial charge in [-0.15, -0.1) is 0 Å². The van der Waals surface area contributed by atoms with Crippen molar-refractivity contribution in [3.05, 3.63) is 29.8 Å². The first-order valence-corrected chi connectivity index (χ1v) is 11.3. The van der Waals surface area contributed by atoms with Crippen molar-refractivity contribution in [2.24, 2.45) is 10.8 Å². The molecule has 0 atom stereocenters. The predicted octanol–water partition coefficient (Wildman–Crippen LogP) is 5.14. The number of fused-ring (bicyclic) bond motifs is 3. The fraction of sp³-hybridized carbons (Fsp3) is 0.714. The zero-order chi connectivity index (χ0) is 19.3. The normalized spacial score (nSPS) is 27.7. The summed E-state index contributed by atoms with van der Waals surface area (Å²) in [6.07, 6.45) is 13.8. The molecule has 5 heteroatoms. The molecule has 0 unspecified atom stereocenters. The van der Waals surface area contributed by atoms with E-state index in [0.717, 1.165) is 5.56 Å². The van der Waals surface area contributed by atoms with Gasteiger partial charge in [-0.05, 0) is 74.8 Å². The van der Waals surface area contributed by atoms with Crippen molar-refractivity contribution in [2.45, 2.75) is 83.0 Å². The van der Waals surface area contributed by atoms with E-state index < -0.39 is 10.1 Å². The Bertz CT molecular complexity index is 633. The van der Waals surface area contributed by atoms with Crippen molar-refractivity contribution in [3.63, 3.8) is 0 Å². The summed E-state index contributed by atoms with van der Waals surface area (Å²) in [5.41, 5.74) is 2.01. The van der Waals surface area contributed by atoms with Gasteiger partial charge in [0.05, 0.1) is 4.90 Å². The highest BCUT2D eigenvalue weighted by Crippen LogP contribution is 2.58. The average Bonchev–Trinajstić information content (AvgIpc) is 2.64. The number of benzene rings is 1. The molecule has 3 saturated carbocycles. The number of aliphatic hydroxyl groups excluding tert-OH is 1. The standard InChI is InChI=1S/C14H26O.C7H8O3S/c1-2-3-4-5-13-6-9-14(12-15,10-7-13)11-8-13;1-6-2-4-7(5-3-6)11(8,9)10/h15H,2-12H2,1H3;2-5H,1H3,(H,8,9,10). The van der Waals surface area contributed by atoms with E-state index in [1.54, 1.807) is 12.1 Å². The molecular formula is C21H34O4S. The number of rotatable bonds is 6. The van der Waals surface area contributed by atoms with Gasteiger partial charge in [0.15, 0.2) is 0 Å². The van der Waals surface area contributed by atoms with Gasteiger partial charge in [-0.3, -0.25) is 4.55 Å². The highest BCUT2D eigenvalue weighted by atomic mass is 32.2. The Kier molecular flexibility index (Phi) is 7.28. The zero-order valence-corrected chi connectivity index (χ0v) is 17.0. The molecule has 0 aromatic heterocycles. The van der Waals surface area contributed by atoms with Crippen LogP contribution in [0.1, 0.15) is 76.7 Å². The van der Waals surface area contributed by atoms with Crippen molar-refractivity contribution in [1.82, 2.24) is 0 Å². The molecule has 3 aliphatic rings. The lowest BCUT2D eigenvalue weighted by Gasteiger charge is -2.53. The maximum absolute atomic E-state index is 10.5. The lowest BCUT2D eigenvalue weighted by atomic mass is 9.53. The fourth-order valence-electron chi connectivity index (χ4n) is 4.41. The molecule has 2 N–H and O–H groups in total. The molecule has 26 heavy (non-hydrogen) atoms. The second-order valence-corrected chi connectivity index (χ2v) is 9.82. The molecule has 0 radical (unpaired) electrons. The van der Waals surface area contributed by atoms with Crippen LogP contribution in [0.5, 0.6) is 0 Å². The largest absolute Gasteiger partial charge is 0.396 e. The lowest BCUT2D eigenvalue weighted by molar-refractivity contribution is -0.0468. The van der Waals surface area contributed by atoms with E-state index in [9.17, 15) is 13.5 Å². The molecule has 2 bridgehead atoms. The van der Waals surface area contributed by atoms with Crippen molar-refractivity contribution in [3.8, 4) is 0 Å². The molecule has 1 aromatic carbocycles. The molecule has 0 heterocycles. The number of hydrogen-bond donors (Lipinski definition) is 2. The number of hydrogen-bond acceptors (Lipinski definition) is 3. The first kappa shape index (κ1) is 21.4. The Balaban J connectivity index is 0.000000197. The monoisotopic (exact) mass is 382 g/mol. The van der Waals surface area contributed by atoms with Gasteiger partial charge < -0.3 is 5.11 Å². The van der Waals surface area contributed by atoms with Crippen molar-refractivity contribution < 1.29 is 18.1 Å². The van der Waals surface area contributed by atoms with Crippen molar-refractivity contribution >= 4 is 10.1 Å². The van der Waals surface area contributed by atoms with Gasteiger partial charge in [0.1, 0.15) is 0 Å². The van der Waals surface area contributed by atoms with Gasteiger partial charge in [0.2, 0.25) is 0 Å². The van der Waals surface area contributed by atoms with Crippen LogP contribution in [0, 0.1) is 17.8 Å². The van der Waals surface area contributed by atoms with Gasteiger partial charge in [-0.1, -0.05) is 43.9 Å². The molecule has 4 rings (SSSR count). The Hall–Kier alpha value is -0.910. The van der Waals surface area contributed by atoms with Gasteiger partial charge in [-0.25, -0.2) is 0 Å². The smallest absolute Gasteiger partial charge is 0.294 e. The summed E-state index contributed by atoms with van der Waals surface area (Å²) in [4.78, 5) is -0.0666. The van der Waals surface area contributed by atoms with Gasteiger partial charge in [0.25, 0.3) is 10.1 Å². The fourth-order valence-corrected chi connectivity index (χ4v) is 4.89. The summed E-state index contributed by atoms with van der Waals surface area (Å²) in [6, 6.07) is 5.99. The third kappa shape index (κ3) is 5.54. The second-order valence-electron chi connectivity index (χ2n) is 8.40. The summed E-state index contributed by atoms with van der Waals surface area (Å²) in [5.74, 6) is 0. The Morgan fingerprint density at radius 1 is 0.923 bits per heavy atom. The molecule has 3 aliphatic carbocycles. The minimum Gasteiger partial charge on any atom is -0.396 e. The van der Waals surface area contributed by atoms with Gasteiger partial charge in [-0.2, -0.15) is 8.42 Å². The number of unbranched alkanes of at least 4 members (excludes halogenated alkanes) is 2. The summed E-state index contributed by atoms with van der Waals surface area (Å²) >= 11 is 0. The van der Waals surface area contributed by atoms with E-state index >= 15 is 0 Å². The first-order chi connectivity index (χ1) is 12.2. The van der Waals surface area contributed by atoms with Crippen LogP contribution in [0.15, 0.2) is 29.2 Å². The molecule has 0 saturated heterocycles. The summed E-state index contributed by atoms with van der Waals surface area (Å²) < 4.78 is 29.6. The van der Waals surface area contributed by atoms with Gasteiger partial charge in [0, 0.05) is 6.61 Å². The van der Waals surface area contributed by atoms with Crippen LogP contribution >= 0.6 is 0 Å². The highest BCUT2D eigenvalue weighted by molar-refractivity contribution is 7.85. The molecule has 0 aliphatic heterocycles. The summed E-state index contributed by atoms with van der Waals surface area (Å²) in [5, 5.41) is 9.46. The van der Waals surface area contributed by atoms with E-state index in [4.69, 9.17) is 4.55 Å². The molecule has 3 fully saturated rings. The summed E-state index contributed by atoms with van der Waals surface area (Å²) in [6.45, 7) is 4.57. The third-order valence-electron chi connectivity index (χ3n) is 6.52. The SMILES string of the molecule is CCCCCC12CCC(CO)(CC1)CC2.Cc1ccc(S(=O)(=O)O)cc1. The van der Waals surface area contributed by atoms with Crippen LogP contribution in [0.2, 0.25) is 0 Å². The minimum atomic E-state index is -4.02. The van der Waals surface area contributed by atoms with E-state index in [2.05, 4.69) is 6.92 Å². The van der Waals surface area contributed by atoms with Gasteiger partial charge >= 0.3 is 0 Å². The molecule has 0 spiro atoms. The Labute approximate surface area is 158 Å². The number of aliphatic hydroxyl groups is 1. The van der Waals surface area contributed by atoms with Crippen LogP contribution < -0.4 is 0 Å².